The van der Waals surface area contributed by atoms with Crippen LogP contribution in [0.25, 0.3) is 0 Å². The average Bonchev–Trinajstić information content (AvgIpc) is 3.00. The minimum absolute atomic E-state index is 0.0607. The van der Waals surface area contributed by atoms with Crippen LogP contribution in [0, 0.1) is 6.92 Å². The number of nitrogens with zero attached hydrogens (tertiary/aromatic N) is 1. The minimum Gasteiger partial charge on any atom is -0.372 e. The molecule has 94 valence electrons. The first-order valence-corrected chi connectivity index (χ1v) is 7.48. The zero-order valence-electron chi connectivity index (χ0n) is 9.68. The number of aryl methyl sites for hydroxylation is 1. The van der Waals surface area contributed by atoms with Gasteiger partial charge in [0.2, 0.25) is 10.0 Å². The summed E-state index contributed by atoms with van der Waals surface area (Å²) in [5, 5.41) is 0. The molecule has 1 aromatic carbocycles. The van der Waals surface area contributed by atoms with E-state index in [9.17, 15) is 8.42 Å². The molecule has 0 bridgehead atoms. The Labute approximate surface area is 110 Å². The lowest BCUT2D eigenvalue weighted by molar-refractivity contribution is 0.359. The van der Waals surface area contributed by atoms with Crippen LogP contribution in [0.1, 0.15) is 5.56 Å². The molecule has 0 aliphatic carbocycles. The highest BCUT2D eigenvalue weighted by atomic mass is 79.9. The lowest BCUT2D eigenvalue weighted by Crippen LogP contribution is -2.31. The van der Waals surface area contributed by atoms with Crippen molar-refractivity contribution in [1.29, 1.82) is 0 Å². The van der Waals surface area contributed by atoms with Crippen LogP contribution in [-0.2, 0) is 14.8 Å². The second kappa shape index (κ2) is 4.68. The molecule has 1 aromatic rings. The van der Waals surface area contributed by atoms with Crippen molar-refractivity contribution in [3.63, 3.8) is 0 Å². The molecule has 0 spiro atoms. The second-order valence-corrected chi connectivity index (χ2v) is 7.08. The summed E-state index contributed by atoms with van der Waals surface area (Å²) in [4.78, 5) is 0.351. The molecule has 0 saturated carbocycles. The van der Waals surface area contributed by atoms with Gasteiger partial charge in [0, 0.05) is 18.1 Å². The molecular formula is C11H14BrNO3S. The Balaban J connectivity index is 2.29. The van der Waals surface area contributed by atoms with Gasteiger partial charge in [-0.1, -0.05) is 15.9 Å². The van der Waals surface area contributed by atoms with E-state index in [2.05, 4.69) is 15.9 Å². The Morgan fingerprint density at radius 3 is 2.71 bits per heavy atom. The maximum Gasteiger partial charge on any atom is 0.243 e. The Morgan fingerprint density at radius 1 is 1.53 bits per heavy atom. The van der Waals surface area contributed by atoms with Gasteiger partial charge in [-0.2, -0.15) is 4.31 Å². The molecule has 17 heavy (non-hydrogen) atoms. The van der Waals surface area contributed by atoms with Gasteiger partial charge in [-0.15, -0.1) is 0 Å². The SMILES string of the molecule is Cc1cc(Br)ccc1S(=O)(=O)N(C)C[C@H]1CO1. The summed E-state index contributed by atoms with van der Waals surface area (Å²) in [5.74, 6) is 0. The summed E-state index contributed by atoms with van der Waals surface area (Å²) in [7, 11) is -1.83. The van der Waals surface area contributed by atoms with Gasteiger partial charge < -0.3 is 4.74 Å². The standard InChI is InChI=1S/C11H14BrNO3S/c1-8-5-9(12)3-4-11(8)17(14,15)13(2)6-10-7-16-10/h3-5,10H,6-7H2,1-2H3/t10-/m0/s1. The number of likely N-dealkylation sites (N-methyl/N-ethyl adjacent to an activating group) is 1. The summed E-state index contributed by atoms with van der Waals surface area (Å²) in [6.07, 6.45) is 0.0607. The topological polar surface area (TPSA) is 49.9 Å². The molecule has 1 atom stereocenters. The highest BCUT2D eigenvalue weighted by Crippen LogP contribution is 2.23. The fourth-order valence-electron chi connectivity index (χ4n) is 1.63. The van der Waals surface area contributed by atoms with E-state index in [-0.39, 0.29) is 6.10 Å². The van der Waals surface area contributed by atoms with Gasteiger partial charge >= 0.3 is 0 Å². The fraction of sp³-hybridized carbons (Fsp3) is 0.455. The van der Waals surface area contributed by atoms with Crippen LogP contribution in [-0.4, -0.2) is 39.0 Å². The number of hydrogen-bond donors (Lipinski definition) is 0. The van der Waals surface area contributed by atoms with E-state index in [0.29, 0.717) is 18.0 Å². The Bertz CT molecular complexity index is 526. The number of hydrogen-bond acceptors (Lipinski definition) is 3. The monoisotopic (exact) mass is 319 g/mol. The number of ether oxygens (including phenoxy) is 1. The quantitative estimate of drug-likeness (QED) is 0.795. The lowest BCUT2D eigenvalue weighted by atomic mass is 10.2. The van der Waals surface area contributed by atoms with Crippen molar-refractivity contribution in [2.45, 2.75) is 17.9 Å². The molecule has 0 aromatic heterocycles. The highest BCUT2D eigenvalue weighted by molar-refractivity contribution is 9.10. The molecule has 1 heterocycles. The fourth-order valence-corrected chi connectivity index (χ4v) is 3.51. The van der Waals surface area contributed by atoms with Crippen molar-refractivity contribution in [3.05, 3.63) is 28.2 Å². The van der Waals surface area contributed by atoms with Crippen LogP contribution in [0.3, 0.4) is 0 Å². The largest absolute Gasteiger partial charge is 0.372 e. The van der Waals surface area contributed by atoms with Crippen molar-refractivity contribution in [1.82, 2.24) is 4.31 Å². The number of halogens is 1. The van der Waals surface area contributed by atoms with Gasteiger partial charge in [-0.25, -0.2) is 8.42 Å². The van der Waals surface area contributed by atoms with Crippen molar-refractivity contribution in [2.75, 3.05) is 20.2 Å². The highest BCUT2D eigenvalue weighted by Gasteiger charge is 2.30. The Hall–Kier alpha value is -0.430. The maximum absolute atomic E-state index is 12.3. The van der Waals surface area contributed by atoms with E-state index in [0.717, 1.165) is 10.0 Å². The van der Waals surface area contributed by atoms with Gasteiger partial charge in [0.25, 0.3) is 0 Å². The third kappa shape index (κ3) is 2.88. The second-order valence-electron chi connectivity index (χ2n) is 4.15. The summed E-state index contributed by atoms with van der Waals surface area (Å²) >= 11 is 3.32. The van der Waals surface area contributed by atoms with Gasteiger partial charge in [-0.05, 0) is 30.7 Å². The predicted molar refractivity (Wildman–Crippen MR) is 68.4 cm³/mol. The molecule has 0 N–H and O–H groups in total. The number of benzene rings is 1. The Kier molecular flexibility index (Phi) is 3.58. The first-order valence-electron chi connectivity index (χ1n) is 5.25. The molecule has 0 unspecified atom stereocenters. The van der Waals surface area contributed by atoms with Crippen LogP contribution >= 0.6 is 15.9 Å². The molecule has 1 saturated heterocycles. The third-order valence-corrected chi connectivity index (χ3v) is 5.17. The van der Waals surface area contributed by atoms with Crippen molar-refractivity contribution in [3.8, 4) is 0 Å². The predicted octanol–water partition coefficient (Wildman–Crippen LogP) is 1.78. The number of sulfonamides is 1. The van der Waals surface area contributed by atoms with Gasteiger partial charge in [0.05, 0.1) is 17.6 Å². The van der Waals surface area contributed by atoms with Crippen LogP contribution in [0.15, 0.2) is 27.6 Å². The van der Waals surface area contributed by atoms with Gasteiger partial charge in [-0.3, -0.25) is 0 Å². The molecule has 1 aliphatic rings. The van der Waals surface area contributed by atoms with Crippen LogP contribution in [0.5, 0.6) is 0 Å². The van der Waals surface area contributed by atoms with Crippen LogP contribution < -0.4 is 0 Å². The van der Waals surface area contributed by atoms with Crippen molar-refractivity contribution in [2.24, 2.45) is 0 Å². The van der Waals surface area contributed by atoms with Gasteiger partial charge in [0.15, 0.2) is 0 Å². The summed E-state index contributed by atoms with van der Waals surface area (Å²) in [5.41, 5.74) is 0.739. The third-order valence-electron chi connectivity index (χ3n) is 2.69. The summed E-state index contributed by atoms with van der Waals surface area (Å²) < 4.78 is 31.8. The normalized spacial score (nSPS) is 19.6. The first kappa shape index (κ1) is 13.0. The van der Waals surface area contributed by atoms with E-state index in [4.69, 9.17) is 4.74 Å². The van der Waals surface area contributed by atoms with E-state index >= 15 is 0 Å². The maximum atomic E-state index is 12.3. The molecule has 0 amide bonds. The van der Waals surface area contributed by atoms with E-state index in [1.54, 1.807) is 32.2 Å². The molecule has 4 nitrogen and oxygen atoms in total. The molecule has 2 rings (SSSR count). The zero-order valence-corrected chi connectivity index (χ0v) is 12.1. The molecule has 6 heteroatoms. The minimum atomic E-state index is -3.41. The molecular weight excluding hydrogens is 306 g/mol. The van der Waals surface area contributed by atoms with E-state index in [1.165, 1.54) is 4.31 Å². The Morgan fingerprint density at radius 2 is 2.18 bits per heavy atom. The van der Waals surface area contributed by atoms with Crippen LogP contribution in [0.2, 0.25) is 0 Å². The van der Waals surface area contributed by atoms with Gasteiger partial charge in [0.1, 0.15) is 0 Å². The summed E-state index contributed by atoms with van der Waals surface area (Å²) in [6, 6.07) is 5.16. The zero-order chi connectivity index (χ0) is 12.6. The smallest absolute Gasteiger partial charge is 0.243 e. The first-order chi connectivity index (χ1) is 7.91. The number of rotatable bonds is 4. The van der Waals surface area contributed by atoms with E-state index in [1.807, 2.05) is 0 Å². The van der Waals surface area contributed by atoms with Crippen molar-refractivity contribution >= 4 is 26.0 Å². The molecule has 1 aliphatic heterocycles. The van der Waals surface area contributed by atoms with Crippen molar-refractivity contribution < 1.29 is 13.2 Å². The summed E-state index contributed by atoms with van der Waals surface area (Å²) in [6.45, 7) is 2.86. The molecule has 1 fully saturated rings. The average molecular weight is 320 g/mol. The molecule has 0 radical (unpaired) electrons. The van der Waals surface area contributed by atoms with Crippen LogP contribution in [0.4, 0.5) is 0 Å². The number of epoxide rings is 1. The lowest BCUT2D eigenvalue weighted by Gasteiger charge is -2.17. The van der Waals surface area contributed by atoms with E-state index < -0.39 is 10.0 Å².